The van der Waals surface area contributed by atoms with E-state index in [1.165, 1.54) is 0 Å². The second-order valence-corrected chi connectivity index (χ2v) is 2.07. The van der Waals surface area contributed by atoms with Crippen molar-refractivity contribution < 1.29 is 4.79 Å². The van der Waals surface area contributed by atoms with Gasteiger partial charge < -0.3 is 0 Å². The number of carbonyl (C=O) groups is 1. The summed E-state index contributed by atoms with van der Waals surface area (Å²) in [5.74, 6) is -0.199. The van der Waals surface area contributed by atoms with Gasteiger partial charge in [0.1, 0.15) is 0 Å². The molecule has 1 aliphatic rings. The number of amides is 1. The van der Waals surface area contributed by atoms with Crippen LogP contribution in [0.25, 0.3) is 0 Å². The standard InChI is InChI=1S/C6H5N3O/c10-6-4-3-8-9-5(4)1-2-7-6/h2-3H,1H2,(H,8,9). The molecule has 0 bridgehead atoms. The zero-order valence-electron chi connectivity index (χ0n) is 5.16. The van der Waals surface area contributed by atoms with Crippen molar-refractivity contribution in [3.8, 4) is 0 Å². The lowest BCUT2D eigenvalue weighted by Crippen LogP contribution is -2.05. The molecule has 10 heavy (non-hydrogen) atoms. The lowest BCUT2D eigenvalue weighted by atomic mass is 10.1. The molecular weight excluding hydrogens is 130 g/mol. The Labute approximate surface area is 57.0 Å². The Balaban J connectivity index is 2.58. The molecule has 1 aromatic rings. The van der Waals surface area contributed by atoms with E-state index in [2.05, 4.69) is 15.2 Å². The van der Waals surface area contributed by atoms with Crippen LogP contribution in [0.5, 0.6) is 0 Å². The average Bonchev–Trinajstić information content (AvgIpc) is 2.36. The third kappa shape index (κ3) is 0.586. The molecule has 0 spiro atoms. The summed E-state index contributed by atoms with van der Waals surface area (Å²) in [5.41, 5.74) is 1.39. The molecule has 4 heteroatoms. The minimum absolute atomic E-state index is 0.199. The second kappa shape index (κ2) is 1.76. The molecule has 0 radical (unpaired) electrons. The van der Waals surface area contributed by atoms with E-state index in [-0.39, 0.29) is 5.91 Å². The van der Waals surface area contributed by atoms with Gasteiger partial charge in [0.05, 0.1) is 11.3 Å². The molecule has 1 amide bonds. The summed E-state index contributed by atoms with van der Waals surface area (Å²) in [5, 5.41) is 6.49. The maximum Gasteiger partial charge on any atom is 0.280 e. The zero-order valence-corrected chi connectivity index (χ0v) is 5.16. The third-order valence-corrected chi connectivity index (χ3v) is 1.44. The van der Waals surface area contributed by atoms with E-state index in [0.29, 0.717) is 12.0 Å². The van der Waals surface area contributed by atoms with Gasteiger partial charge in [-0.25, -0.2) is 4.99 Å². The second-order valence-electron chi connectivity index (χ2n) is 2.07. The van der Waals surface area contributed by atoms with Crippen molar-refractivity contribution in [2.45, 2.75) is 6.42 Å². The summed E-state index contributed by atoms with van der Waals surface area (Å²) in [7, 11) is 0. The number of aromatic amines is 1. The van der Waals surface area contributed by atoms with Gasteiger partial charge in [0.15, 0.2) is 0 Å². The summed E-state index contributed by atoms with van der Waals surface area (Å²) in [6.07, 6.45) is 3.81. The number of aromatic nitrogens is 2. The van der Waals surface area contributed by atoms with Crippen LogP contribution in [0.4, 0.5) is 0 Å². The summed E-state index contributed by atoms with van der Waals surface area (Å²) < 4.78 is 0. The Hall–Kier alpha value is -1.45. The Bertz CT molecular complexity index is 300. The van der Waals surface area contributed by atoms with Gasteiger partial charge in [0, 0.05) is 18.8 Å². The molecule has 4 nitrogen and oxygen atoms in total. The van der Waals surface area contributed by atoms with E-state index in [9.17, 15) is 4.79 Å². The van der Waals surface area contributed by atoms with E-state index >= 15 is 0 Å². The first-order valence-corrected chi connectivity index (χ1v) is 2.97. The van der Waals surface area contributed by atoms with Crippen LogP contribution >= 0.6 is 0 Å². The molecule has 0 fully saturated rings. The molecule has 0 saturated heterocycles. The number of rotatable bonds is 0. The molecule has 0 aromatic carbocycles. The quantitative estimate of drug-likeness (QED) is 0.551. The fourth-order valence-electron chi connectivity index (χ4n) is 0.944. The van der Waals surface area contributed by atoms with Crippen molar-refractivity contribution in [2.24, 2.45) is 4.99 Å². The summed E-state index contributed by atoms with van der Waals surface area (Å²) in [6.45, 7) is 0. The summed E-state index contributed by atoms with van der Waals surface area (Å²) >= 11 is 0. The largest absolute Gasteiger partial charge is 0.285 e. The molecular formula is C6H5N3O. The highest BCUT2D eigenvalue weighted by molar-refractivity contribution is 6.02. The van der Waals surface area contributed by atoms with E-state index in [4.69, 9.17) is 0 Å². The van der Waals surface area contributed by atoms with Crippen LogP contribution in [0.1, 0.15) is 16.1 Å². The van der Waals surface area contributed by atoms with Crippen molar-refractivity contribution in [3.63, 3.8) is 0 Å². The van der Waals surface area contributed by atoms with Crippen molar-refractivity contribution in [2.75, 3.05) is 0 Å². The third-order valence-electron chi connectivity index (χ3n) is 1.44. The number of aliphatic imine (C=N–C) groups is 1. The number of fused-ring (bicyclic) bond motifs is 1. The van der Waals surface area contributed by atoms with Crippen LogP contribution in [0.3, 0.4) is 0 Å². The fourth-order valence-corrected chi connectivity index (χ4v) is 0.944. The number of H-pyrrole nitrogens is 1. The predicted octanol–water partition coefficient (Wildman–Crippen LogP) is 0.177. The molecule has 0 aliphatic carbocycles. The topological polar surface area (TPSA) is 58.1 Å². The summed E-state index contributed by atoms with van der Waals surface area (Å²) in [6, 6.07) is 0. The lowest BCUT2D eigenvalue weighted by Gasteiger charge is -1.98. The lowest BCUT2D eigenvalue weighted by molar-refractivity contribution is 0.100. The maximum atomic E-state index is 10.9. The van der Waals surface area contributed by atoms with Crippen LogP contribution in [-0.2, 0) is 6.42 Å². The molecule has 0 unspecified atom stereocenters. The van der Waals surface area contributed by atoms with Crippen molar-refractivity contribution >= 4 is 12.1 Å². The SMILES string of the molecule is O=C1N=CCc2n[nH]cc21. The van der Waals surface area contributed by atoms with E-state index in [1.807, 2.05) is 0 Å². The fraction of sp³-hybridized carbons (Fsp3) is 0.167. The first kappa shape index (κ1) is 5.34. The summed E-state index contributed by atoms with van der Waals surface area (Å²) in [4.78, 5) is 14.5. The normalized spacial score (nSPS) is 15.4. The molecule has 0 atom stereocenters. The first-order valence-electron chi connectivity index (χ1n) is 2.97. The van der Waals surface area contributed by atoms with Gasteiger partial charge in [0.2, 0.25) is 0 Å². The predicted molar refractivity (Wildman–Crippen MR) is 35.1 cm³/mol. The molecule has 1 aliphatic heterocycles. The van der Waals surface area contributed by atoms with E-state index in [0.717, 1.165) is 5.69 Å². The highest BCUT2D eigenvalue weighted by Crippen LogP contribution is 2.09. The van der Waals surface area contributed by atoms with Crippen molar-refractivity contribution in [3.05, 3.63) is 17.5 Å². The van der Waals surface area contributed by atoms with Gasteiger partial charge in [-0.2, -0.15) is 5.10 Å². The van der Waals surface area contributed by atoms with Crippen LogP contribution in [-0.4, -0.2) is 22.3 Å². The number of carbonyl (C=O) groups excluding carboxylic acids is 1. The van der Waals surface area contributed by atoms with Gasteiger partial charge in [-0.1, -0.05) is 0 Å². The Morgan fingerprint density at radius 2 is 2.50 bits per heavy atom. The average molecular weight is 135 g/mol. The van der Waals surface area contributed by atoms with Crippen molar-refractivity contribution in [1.29, 1.82) is 0 Å². The van der Waals surface area contributed by atoms with Gasteiger partial charge in [0.25, 0.3) is 5.91 Å². The Morgan fingerprint density at radius 1 is 1.60 bits per heavy atom. The van der Waals surface area contributed by atoms with Crippen LogP contribution < -0.4 is 0 Å². The number of hydrogen-bond acceptors (Lipinski definition) is 2. The van der Waals surface area contributed by atoms with Gasteiger partial charge in [-0.15, -0.1) is 0 Å². The first-order chi connectivity index (χ1) is 4.88. The minimum Gasteiger partial charge on any atom is -0.285 e. The smallest absolute Gasteiger partial charge is 0.280 e. The van der Waals surface area contributed by atoms with Gasteiger partial charge in [-0.3, -0.25) is 9.89 Å². The molecule has 2 heterocycles. The Kier molecular flexibility index (Phi) is 0.943. The number of nitrogens with zero attached hydrogens (tertiary/aromatic N) is 2. The van der Waals surface area contributed by atoms with Crippen LogP contribution in [0.15, 0.2) is 11.2 Å². The number of hydrogen-bond donors (Lipinski definition) is 1. The van der Waals surface area contributed by atoms with E-state index < -0.39 is 0 Å². The zero-order chi connectivity index (χ0) is 6.97. The van der Waals surface area contributed by atoms with Gasteiger partial charge in [-0.05, 0) is 0 Å². The monoisotopic (exact) mass is 135 g/mol. The van der Waals surface area contributed by atoms with Crippen molar-refractivity contribution in [1.82, 2.24) is 10.2 Å². The highest BCUT2D eigenvalue weighted by atomic mass is 16.1. The number of nitrogens with one attached hydrogen (secondary N) is 1. The Morgan fingerprint density at radius 3 is 3.30 bits per heavy atom. The van der Waals surface area contributed by atoms with Gasteiger partial charge >= 0.3 is 0 Å². The van der Waals surface area contributed by atoms with Crippen LogP contribution in [0, 0.1) is 0 Å². The molecule has 1 aromatic heterocycles. The molecule has 1 N–H and O–H groups in total. The van der Waals surface area contributed by atoms with Crippen LogP contribution in [0.2, 0.25) is 0 Å². The molecule has 50 valence electrons. The molecule has 2 rings (SSSR count). The highest BCUT2D eigenvalue weighted by Gasteiger charge is 2.15. The minimum atomic E-state index is -0.199. The van der Waals surface area contributed by atoms with E-state index in [1.54, 1.807) is 12.4 Å². The maximum absolute atomic E-state index is 10.9. The molecule has 0 saturated carbocycles.